The van der Waals surface area contributed by atoms with Crippen molar-refractivity contribution in [1.29, 1.82) is 0 Å². The predicted octanol–water partition coefficient (Wildman–Crippen LogP) is 1.18. The van der Waals surface area contributed by atoms with E-state index in [0.717, 1.165) is 6.54 Å². The molecule has 0 saturated heterocycles. The first-order chi connectivity index (χ1) is 6.55. The molecule has 1 fully saturated rings. The summed E-state index contributed by atoms with van der Waals surface area (Å²) in [4.78, 5) is 11.2. The van der Waals surface area contributed by atoms with Crippen LogP contribution in [0.1, 0.15) is 19.8 Å². The monoisotopic (exact) mass is 242 g/mol. The Labute approximate surface area is 94.4 Å². The molecule has 0 aromatic rings. The normalized spacial score (nSPS) is 18.9. The summed E-state index contributed by atoms with van der Waals surface area (Å²) >= 11 is 0. The lowest BCUT2D eigenvalue weighted by molar-refractivity contribution is -0.150. The van der Waals surface area contributed by atoms with Gasteiger partial charge in [-0.1, -0.05) is 6.92 Å². The molecule has 90 valence electrons. The maximum absolute atomic E-state index is 12.4. The van der Waals surface area contributed by atoms with Crippen LogP contribution in [0.15, 0.2) is 0 Å². The van der Waals surface area contributed by atoms with Gasteiger partial charge >= 0.3 is 0 Å². The number of carbonyl (C=O) groups excluding carboxylic acids is 1. The fraction of sp³-hybridized carbons (Fsp3) is 0.889. The topological polar surface area (TPSA) is 41.1 Å². The van der Waals surface area contributed by atoms with Gasteiger partial charge in [0, 0.05) is 31.8 Å². The van der Waals surface area contributed by atoms with Crippen LogP contribution in [0.2, 0.25) is 0 Å². The van der Waals surface area contributed by atoms with E-state index in [1.54, 1.807) is 0 Å². The molecule has 0 radical (unpaired) electrons. The fourth-order valence-corrected chi connectivity index (χ4v) is 1.44. The van der Waals surface area contributed by atoms with Crippen molar-refractivity contribution < 1.29 is 13.6 Å². The number of rotatable bonds is 5. The lowest BCUT2D eigenvalue weighted by Gasteiger charge is -2.33. The van der Waals surface area contributed by atoms with Gasteiger partial charge in [-0.05, 0) is 6.54 Å². The molecule has 0 bridgehead atoms. The molecule has 0 heterocycles. The van der Waals surface area contributed by atoms with Crippen LogP contribution in [0.5, 0.6) is 0 Å². The molecule has 2 N–H and O–H groups in total. The standard InChI is InChI=1S/C9H16F2N2O.ClH/c1-2-12-3-4-13-8(14)7-5-9(10,11)6-7;/h7,12H,2-6H2,1H3,(H,13,14);1H. The minimum Gasteiger partial charge on any atom is -0.355 e. The number of hydrogen-bond donors (Lipinski definition) is 2. The first-order valence-electron chi connectivity index (χ1n) is 4.91. The highest BCUT2D eigenvalue weighted by Crippen LogP contribution is 2.42. The highest BCUT2D eigenvalue weighted by atomic mass is 35.5. The summed E-state index contributed by atoms with van der Waals surface area (Å²) in [5.74, 6) is -3.33. The Bertz CT molecular complexity index is 206. The highest BCUT2D eigenvalue weighted by Gasteiger charge is 2.48. The first-order valence-corrected chi connectivity index (χ1v) is 4.91. The van der Waals surface area contributed by atoms with E-state index in [4.69, 9.17) is 0 Å². The molecule has 1 saturated carbocycles. The minimum atomic E-state index is -2.61. The van der Waals surface area contributed by atoms with Crippen molar-refractivity contribution in [3.8, 4) is 0 Å². The summed E-state index contributed by atoms with van der Waals surface area (Å²) in [7, 11) is 0. The van der Waals surface area contributed by atoms with E-state index in [9.17, 15) is 13.6 Å². The molecular formula is C9H17ClF2N2O. The molecule has 15 heavy (non-hydrogen) atoms. The number of likely N-dealkylation sites (N-methyl/N-ethyl adjacent to an activating group) is 1. The van der Waals surface area contributed by atoms with Crippen molar-refractivity contribution in [2.75, 3.05) is 19.6 Å². The minimum absolute atomic E-state index is 0. The van der Waals surface area contributed by atoms with E-state index in [2.05, 4.69) is 10.6 Å². The average molecular weight is 243 g/mol. The average Bonchev–Trinajstić information content (AvgIpc) is 2.08. The zero-order chi connectivity index (χ0) is 10.6. The molecule has 1 aliphatic carbocycles. The number of alkyl halides is 2. The van der Waals surface area contributed by atoms with Crippen molar-refractivity contribution in [2.24, 2.45) is 5.92 Å². The van der Waals surface area contributed by atoms with E-state index < -0.39 is 11.8 Å². The molecule has 0 spiro atoms. The van der Waals surface area contributed by atoms with Gasteiger partial charge in [-0.3, -0.25) is 4.79 Å². The Morgan fingerprint density at radius 3 is 2.47 bits per heavy atom. The Morgan fingerprint density at radius 1 is 1.40 bits per heavy atom. The molecule has 0 atom stereocenters. The largest absolute Gasteiger partial charge is 0.355 e. The Morgan fingerprint density at radius 2 is 2.00 bits per heavy atom. The lowest BCUT2D eigenvalue weighted by Crippen LogP contribution is -2.46. The highest BCUT2D eigenvalue weighted by molar-refractivity contribution is 5.85. The molecule has 0 unspecified atom stereocenters. The second-order valence-electron chi connectivity index (χ2n) is 3.61. The first kappa shape index (κ1) is 14.6. The summed E-state index contributed by atoms with van der Waals surface area (Å²) in [6.07, 6.45) is -0.583. The quantitative estimate of drug-likeness (QED) is 0.711. The number of carbonyl (C=O) groups is 1. The third kappa shape index (κ3) is 4.75. The zero-order valence-corrected chi connectivity index (χ0v) is 9.50. The van der Waals surface area contributed by atoms with Gasteiger partial charge in [0.05, 0.1) is 0 Å². The second-order valence-corrected chi connectivity index (χ2v) is 3.61. The number of nitrogens with one attached hydrogen (secondary N) is 2. The van der Waals surface area contributed by atoms with Crippen LogP contribution >= 0.6 is 12.4 Å². The van der Waals surface area contributed by atoms with Crippen LogP contribution in [0, 0.1) is 5.92 Å². The SMILES string of the molecule is CCNCCNC(=O)C1CC(F)(F)C1.Cl. The predicted molar refractivity (Wildman–Crippen MR) is 56.5 cm³/mol. The van der Waals surface area contributed by atoms with Crippen LogP contribution in [0.25, 0.3) is 0 Å². The molecule has 3 nitrogen and oxygen atoms in total. The van der Waals surface area contributed by atoms with Gasteiger partial charge in [-0.15, -0.1) is 12.4 Å². The van der Waals surface area contributed by atoms with Gasteiger partial charge < -0.3 is 10.6 Å². The Kier molecular flexibility index (Phi) is 6.05. The van der Waals surface area contributed by atoms with Crippen molar-refractivity contribution >= 4 is 18.3 Å². The Balaban J connectivity index is 0.00000196. The van der Waals surface area contributed by atoms with Gasteiger partial charge in [0.15, 0.2) is 0 Å². The van der Waals surface area contributed by atoms with Gasteiger partial charge in [-0.25, -0.2) is 8.78 Å². The van der Waals surface area contributed by atoms with Gasteiger partial charge in [0.1, 0.15) is 0 Å². The third-order valence-electron chi connectivity index (χ3n) is 2.31. The maximum atomic E-state index is 12.4. The molecular weight excluding hydrogens is 226 g/mol. The van der Waals surface area contributed by atoms with E-state index in [-0.39, 0.29) is 31.2 Å². The van der Waals surface area contributed by atoms with Crippen LogP contribution in [-0.2, 0) is 4.79 Å². The summed E-state index contributed by atoms with van der Waals surface area (Å²) in [5.41, 5.74) is 0. The second kappa shape index (κ2) is 6.23. The maximum Gasteiger partial charge on any atom is 0.249 e. The zero-order valence-electron chi connectivity index (χ0n) is 8.69. The van der Waals surface area contributed by atoms with E-state index in [1.807, 2.05) is 6.92 Å². The smallest absolute Gasteiger partial charge is 0.249 e. The number of hydrogen-bond acceptors (Lipinski definition) is 2. The van der Waals surface area contributed by atoms with Crippen molar-refractivity contribution in [2.45, 2.75) is 25.7 Å². The summed E-state index contributed by atoms with van der Waals surface area (Å²) in [6, 6.07) is 0. The number of halogens is 3. The molecule has 1 amide bonds. The van der Waals surface area contributed by atoms with Gasteiger partial charge in [-0.2, -0.15) is 0 Å². The summed E-state index contributed by atoms with van der Waals surface area (Å²) in [6.45, 7) is 4.01. The summed E-state index contributed by atoms with van der Waals surface area (Å²) < 4.78 is 24.8. The van der Waals surface area contributed by atoms with Gasteiger partial charge in [0.2, 0.25) is 11.8 Å². The van der Waals surface area contributed by atoms with Crippen molar-refractivity contribution in [1.82, 2.24) is 10.6 Å². The van der Waals surface area contributed by atoms with E-state index in [1.165, 1.54) is 0 Å². The summed E-state index contributed by atoms with van der Waals surface area (Å²) in [5, 5.41) is 5.65. The van der Waals surface area contributed by atoms with Crippen LogP contribution < -0.4 is 10.6 Å². The van der Waals surface area contributed by atoms with Crippen molar-refractivity contribution in [3.63, 3.8) is 0 Å². The van der Waals surface area contributed by atoms with Crippen LogP contribution in [-0.4, -0.2) is 31.5 Å². The van der Waals surface area contributed by atoms with Crippen LogP contribution in [0.4, 0.5) is 8.78 Å². The third-order valence-corrected chi connectivity index (χ3v) is 2.31. The Hall–Kier alpha value is -0.420. The van der Waals surface area contributed by atoms with Crippen molar-refractivity contribution in [3.05, 3.63) is 0 Å². The lowest BCUT2D eigenvalue weighted by atomic mass is 9.81. The molecule has 0 aromatic carbocycles. The molecule has 0 aromatic heterocycles. The van der Waals surface area contributed by atoms with E-state index >= 15 is 0 Å². The van der Waals surface area contributed by atoms with Crippen LogP contribution in [0.3, 0.4) is 0 Å². The molecule has 6 heteroatoms. The molecule has 1 rings (SSSR count). The molecule has 1 aliphatic rings. The fourth-order valence-electron chi connectivity index (χ4n) is 1.44. The van der Waals surface area contributed by atoms with E-state index in [0.29, 0.717) is 13.1 Å². The number of amides is 1. The van der Waals surface area contributed by atoms with Gasteiger partial charge in [0.25, 0.3) is 0 Å². The molecule has 0 aliphatic heterocycles.